The summed E-state index contributed by atoms with van der Waals surface area (Å²) in [4.78, 5) is 0. The maximum Gasteiger partial charge on any atom is 0.139 e. The maximum atomic E-state index is 13.5. The van der Waals surface area contributed by atoms with Crippen LogP contribution in [-0.2, 0) is 0 Å². The number of hydrogen-bond donors (Lipinski definition) is 0. The van der Waals surface area contributed by atoms with Gasteiger partial charge in [-0.1, -0.05) is 32.5 Å². The first kappa shape index (κ1) is 13.8. The molecule has 0 saturated heterocycles. The maximum absolute atomic E-state index is 13.5. The summed E-state index contributed by atoms with van der Waals surface area (Å²) in [6.07, 6.45) is 0.938. The molecule has 0 bridgehead atoms. The van der Waals surface area contributed by atoms with Crippen molar-refractivity contribution in [3.63, 3.8) is 0 Å². The standard InChI is InChI=1S/C14H19FOSi/c1-5-9-16-13-6-7-14(15)12(11-13)8-10-17(2,3)4/h6-7,11H,5,9H2,1-4H3. The van der Waals surface area contributed by atoms with Crippen molar-refractivity contribution in [3.05, 3.63) is 29.6 Å². The van der Waals surface area contributed by atoms with Crippen LogP contribution in [0.5, 0.6) is 5.75 Å². The molecular formula is C14H19FOSi. The molecule has 1 aromatic rings. The third kappa shape index (κ3) is 5.05. The van der Waals surface area contributed by atoms with Gasteiger partial charge in [-0.15, -0.1) is 5.54 Å². The zero-order valence-corrected chi connectivity index (χ0v) is 11.9. The zero-order chi connectivity index (χ0) is 12.9. The van der Waals surface area contributed by atoms with E-state index in [1.807, 2.05) is 6.92 Å². The highest BCUT2D eigenvalue weighted by molar-refractivity contribution is 6.83. The number of rotatable bonds is 3. The van der Waals surface area contributed by atoms with E-state index < -0.39 is 8.07 Å². The first-order valence-electron chi connectivity index (χ1n) is 5.88. The summed E-state index contributed by atoms with van der Waals surface area (Å²) in [6, 6.07) is 4.74. The molecule has 0 aliphatic heterocycles. The van der Waals surface area contributed by atoms with Crippen LogP contribution >= 0.6 is 0 Å². The highest BCUT2D eigenvalue weighted by atomic mass is 28.3. The van der Waals surface area contributed by atoms with Crippen LogP contribution < -0.4 is 4.74 Å². The van der Waals surface area contributed by atoms with E-state index in [2.05, 4.69) is 31.1 Å². The van der Waals surface area contributed by atoms with Gasteiger partial charge in [-0.2, -0.15) is 0 Å². The van der Waals surface area contributed by atoms with Crippen LogP contribution in [-0.4, -0.2) is 14.7 Å². The summed E-state index contributed by atoms with van der Waals surface area (Å²) in [6.45, 7) is 9.09. The van der Waals surface area contributed by atoms with Gasteiger partial charge in [-0.25, -0.2) is 4.39 Å². The topological polar surface area (TPSA) is 9.23 Å². The van der Waals surface area contributed by atoms with E-state index in [0.29, 0.717) is 17.9 Å². The van der Waals surface area contributed by atoms with Crippen LogP contribution in [0.1, 0.15) is 18.9 Å². The van der Waals surface area contributed by atoms with Crippen LogP contribution in [0.4, 0.5) is 4.39 Å². The first-order chi connectivity index (χ1) is 7.92. The summed E-state index contributed by atoms with van der Waals surface area (Å²) < 4.78 is 19.0. The molecule has 1 nitrogen and oxygen atoms in total. The van der Waals surface area contributed by atoms with Gasteiger partial charge in [-0.05, 0) is 24.6 Å². The minimum atomic E-state index is -1.47. The van der Waals surface area contributed by atoms with E-state index in [0.717, 1.165) is 6.42 Å². The summed E-state index contributed by atoms with van der Waals surface area (Å²) in [5, 5.41) is 0. The highest BCUT2D eigenvalue weighted by Gasteiger charge is 2.08. The molecule has 1 aromatic carbocycles. The van der Waals surface area contributed by atoms with E-state index in [1.54, 1.807) is 12.1 Å². The molecule has 92 valence electrons. The molecule has 0 aliphatic rings. The van der Waals surface area contributed by atoms with E-state index in [4.69, 9.17) is 4.74 Å². The number of benzene rings is 1. The minimum Gasteiger partial charge on any atom is -0.494 e. The lowest BCUT2D eigenvalue weighted by molar-refractivity contribution is 0.317. The fraction of sp³-hybridized carbons (Fsp3) is 0.429. The Bertz CT molecular complexity index is 438. The average Bonchev–Trinajstić information content (AvgIpc) is 2.25. The Morgan fingerprint density at radius 3 is 2.59 bits per heavy atom. The van der Waals surface area contributed by atoms with Crippen LogP contribution in [0.25, 0.3) is 0 Å². The molecule has 0 atom stereocenters. The van der Waals surface area contributed by atoms with Crippen molar-refractivity contribution in [1.29, 1.82) is 0 Å². The lowest BCUT2D eigenvalue weighted by Crippen LogP contribution is -2.16. The molecular weight excluding hydrogens is 231 g/mol. The Labute approximate surface area is 104 Å². The lowest BCUT2D eigenvalue weighted by atomic mass is 10.2. The van der Waals surface area contributed by atoms with Crippen molar-refractivity contribution in [2.45, 2.75) is 33.0 Å². The second kappa shape index (κ2) is 5.88. The lowest BCUT2D eigenvalue weighted by Gasteiger charge is -2.06. The van der Waals surface area contributed by atoms with E-state index in [1.165, 1.54) is 6.07 Å². The second-order valence-corrected chi connectivity index (χ2v) is 9.74. The molecule has 0 aromatic heterocycles. The van der Waals surface area contributed by atoms with Crippen molar-refractivity contribution >= 4 is 8.07 Å². The van der Waals surface area contributed by atoms with Crippen LogP contribution in [0.2, 0.25) is 19.6 Å². The quantitative estimate of drug-likeness (QED) is 0.585. The van der Waals surface area contributed by atoms with Crippen LogP contribution in [0.3, 0.4) is 0 Å². The predicted molar refractivity (Wildman–Crippen MR) is 72.4 cm³/mol. The van der Waals surface area contributed by atoms with Crippen molar-refractivity contribution in [2.75, 3.05) is 6.61 Å². The Morgan fingerprint density at radius 2 is 2.00 bits per heavy atom. The Morgan fingerprint density at radius 1 is 1.29 bits per heavy atom. The Balaban J connectivity index is 2.93. The monoisotopic (exact) mass is 250 g/mol. The summed E-state index contributed by atoms with van der Waals surface area (Å²) in [5.41, 5.74) is 3.59. The third-order valence-corrected chi connectivity index (χ3v) is 2.86. The molecule has 3 heteroatoms. The molecule has 0 amide bonds. The van der Waals surface area contributed by atoms with E-state index in [9.17, 15) is 4.39 Å². The van der Waals surface area contributed by atoms with Gasteiger partial charge >= 0.3 is 0 Å². The van der Waals surface area contributed by atoms with Crippen molar-refractivity contribution < 1.29 is 9.13 Å². The molecule has 17 heavy (non-hydrogen) atoms. The molecule has 0 unspecified atom stereocenters. The first-order valence-corrected chi connectivity index (χ1v) is 9.38. The second-order valence-electron chi connectivity index (χ2n) is 4.99. The summed E-state index contributed by atoms with van der Waals surface area (Å²) in [7, 11) is -1.47. The smallest absolute Gasteiger partial charge is 0.139 e. The fourth-order valence-corrected chi connectivity index (χ4v) is 1.67. The Hall–Kier alpha value is -1.27. The van der Waals surface area contributed by atoms with Gasteiger partial charge in [0.25, 0.3) is 0 Å². The summed E-state index contributed by atoms with van der Waals surface area (Å²) >= 11 is 0. The minimum absolute atomic E-state index is 0.278. The van der Waals surface area contributed by atoms with E-state index in [-0.39, 0.29) is 5.82 Å². The van der Waals surface area contributed by atoms with Crippen molar-refractivity contribution in [3.8, 4) is 17.2 Å². The molecule has 0 heterocycles. The van der Waals surface area contributed by atoms with Crippen LogP contribution in [0.15, 0.2) is 18.2 Å². The van der Waals surface area contributed by atoms with Crippen LogP contribution in [0, 0.1) is 17.3 Å². The molecule has 1 rings (SSSR count). The molecule has 0 saturated carbocycles. The largest absolute Gasteiger partial charge is 0.494 e. The van der Waals surface area contributed by atoms with Gasteiger partial charge in [0.1, 0.15) is 19.6 Å². The van der Waals surface area contributed by atoms with Gasteiger partial charge in [-0.3, -0.25) is 0 Å². The van der Waals surface area contributed by atoms with Crippen molar-refractivity contribution in [2.24, 2.45) is 0 Å². The van der Waals surface area contributed by atoms with E-state index >= 15 is 0 Å². The van der Waals surface area contributed by atoms with Gasteiger partial charge in [0.15, 0.2) is 0 Å². The number of hydrogen-bond acceptors (Lipinski definition) is 1. The molecule has 0 radical (unpaired) electrons. The third-order valence-electron chi connectivity index (χ3n) is 1.98. The van der Waals surface area contributed by atoms with Gasteiger partial charge in [0, 0.05) is 0 Å². The van der Waals surface area contributed by atoms with Gasteiger partial charge < -0.3 is 4.74 Å². The van der Waals surface area contributed by atoms with Gasteiger partial charge in [0.2, 0.25) is 0 Å². The predicted octanol–water partition coefficient (Wildman–Crippen LogP) is 3.84. The normalized spacial score (nSPS) is 10.6. The molecule has 0 aliphatic carbocycles. The molecule has 0 N–H and O–H groups in total. The Kier molecular flexibility index (Phi) is 4.77. The fourth-order valence-electron chi connectivity index (χ4n) is 1.16. The summed E-state index contributed by atoms with van der Waals surface area (Å²) in [5.74, 6) is 3.34. The SMILES string of the molecule is CCCOc1ccc(F)c(C#C[Si](C)(C)C)c1. The van der Waals surface area contributed by atoms with Gasteiger partial charge in [0.05, 0.1) is 12.2 Å². The average molecular weight is 250 g/mol. The highest BCUT2D eigenvalue weighted by Crippen LogP contribution is 2.16. The number of halogens is 1. The molecule has 0 spiro atoms. The van der Waals surface area contributed by atoms with Crippen molar-refractivity contribution in [1.82, 2.24) is 0 Å². The zero-order valence-electron chi connectivity index (χ0n) is 10.9. The number of ether oxygens (including phenoxy) is 1. The molecule has 0 fully saturated rings.